The zero-order valence-corrected chi connectivity index (χ0v) is 8.40. The third-order valence-corrected chi connectivity index (χ3v) is 1.79. The Bertz CT molecular complexity index is 309. The first-order valence-corrected chi connectivity index (χ1v) is 4.57. The van der Waals surface area contributed by atoms with E-state index in [2.05, 4.69) is 9.97 Å². The number of rotatable bonds is 5. The van der Waals surface area contributed by atoms with Gasteiger partial charge in [0.15, 0.2) is 0 Å². The molecule has 0 aliphatic rings. The number of aliphatic hydroxyl groups excluding tert-OH is 1. The van der Waals surface area contributed by atoms with Crippen molar-refractivity contribution in [2.45, 2.75) is 13.3 Å². The Balaban J connectivity index is 2.78. The second-order valence-corrected chi connectivity index (χ2v) is 3.06. The maximum Gasteiger partial charge on any atom is 0.255 e. The van der Waals surface area contributed by atoms with Gasteiger partial charge in [-0.15, -0.1) is 0 Å². The third-order valence-electron chi connectivity index (χ3n) is 1.79. The fourth-order valence-electron chi connectivity index (χ4n) is 1.15. The largest absolute Gasteiger partial charge is 0.395 e. The van der Waals surface area contributed by atoms with E-state index in [1.54, 1.807) is 13.0 Å². The van der Waals surface area contributed by atoms with Crippen LogP contribution in [0.4, 0.5) is 14.7 Å². The highest BCUT2D eigenvalue weighted by atomic mass is 19.3. The summed E-state index contributed by atoms with van der Waals surface area (Å²) in [5.74, 6) is 0.226. The van der Waals surface area contributed by atoms with Crippen molar-refractivity contribution >= 4 is 5.95 Å². The van der Waals surface area contributed by atoms with Crippen LogP contribution in [0.1, 0.15) is 5.69 Å². The summed E-state index contributed by atoms with van der Waals surface area (Å²) >= 11 is 0. The summed E-state index contributed by atoms with van der Waals surface area (Å²) < 4.78 is 24.4. The van der Waals surface area contributed by atoms with Gasteiger partial charge in [0.05, 0.1) is 13.2 Å². The van der Waals surface area contributed by atoms with E-state index in [1.165, 1.54) is 11.1 Å². The predicted molar refractivity (Wildman–Crippen MR) is 52.1 cm³/mol. The van der Waals surface area contributed by atoms with Crippen LogP contribution >= 0.6 is 0 Å². The van der Waals surface area contributed by atoms with Crippen LogP contribution in [0.3, 0.4) is 0 Å². The zero-order valence-electron chi connectivity index (χ0n) is 8.40. The lowest BCUT2D eigenvalue weighted by Gasteiger charge is -2.20. The van der Waals surface area contributed by atoms with Crippen LogP contribution in [-0.2, 0) is 0 Å². The molecule has 6 heteroatoms. The van der Waals surface area contributed by atoms with Crippen molar-refractivity contribution in [3.05, 3.63) is 18.0 Å². The lowest BCUT2D eigenvalue weighted by atomic mass is 10.4. The molecule has 0 saturated heterocycles. The van der Waals surface area contributed by atoms with Gasteiger partial charge in [0, 0.05) is 18.4 Å². The molecule has 0 aliphatic carbocycles. The van der Waals surface area contributed by atoms with E-state index in [-0.39, 0.29) is 19.1 Å². The van der Waals surface area contributed by atoms with E-state index >= 15 is 0 Å². The Hall–Kier alpha value is -1.30. The first-order valence-electron chi connectivity index (χ1n) is 4.57. The van der Waals surface area contributed by atoms with Gasteiger partial charge in [-0.25, -0.2) is 18.7 Å². The Morgan fingerprint density at radius 3 is 2.80 bits per heavy atom. The maximum atomic E-state index is 12.2. The molecule has 0 radical (unpaired) electrons. The number of nitrogens with zero attached hydrogens (tertiary/aromatic N) is 3. The Morgan fingerprint density at radius 2 is 2.27 bits per heavy atom. The molecule has 84 valence electrons. The van der Waals surface area contributed by atoms with Gasteiger partial charge in [-0.3, -0.25) is 0 Å². The van der Waals surface area contributed by atoms with Gasteiger partial charge in [0.2, 0.25) is 5.95 Å². The van der Waals surface area contributed by atoms with E-state index < -0.39 is 13.0 Å². The smallest absolute Gasteiger partial charge is 0.255 e. The van der Waals surface area contributed by atoms with Crippen LogP contribution in [0.25, 0.3) is 0 Å². The van der Waals surface area contributed by atoms with Crippen molar-refractivity contribution in [2.24, 2.45) is 0 Å². The topological polar surface area (TPSA) is 49.2 Å². The molecule has 1 N–H and O–H groups in total. The van der Waals surface area contributed by atoms with Crippen molar-refractivity contribution < 1.29 is 13.9 Å². The molecular weight excluding hydrogens is 204 g/mol. The van der Waals surface area contributed by atoms with E-state index in [9.17, 15) is 8.78 Å². The summed E-state index contributed by atoms with van der Waals surface area (Å²) in [4.78, 5) is 9.16. The molecule has 1 aromatic rings. The lowest BCUT2D eigenvalue weighted by Crippen LogP contribution is -2.33. The van der Waals surface area contributed by atoms with Crippen LogP contribution in [0.15, 0.2) is 12.3 Å². The maximum absolute atomic E-state index is 12.2. The number of hydrogen-bond donors (Lipinski definition) is 1. The molecule has 0 aromatic carbocycles. The minimum atomic E-state index is -2.47. The molecule has 1 rings (SSSR count). The van der Waals surface area contributed by atoms with Gasteiger partial charge in [0.25, 0.3) is 6.43 Å². The Morgan fingerprint density at radius 1 is 1.53 bits per heavy atom. The number of halogens is 2. The van der Waals surface area contributed by atoms with Gasteiger partial charge < -0.3 is 10.0 Å². The summed E-state index contributed by atoms with van der Waals surface area (Å²) in [6.07, 6.45) is -0.964. The van der Waals surface area contributed by atoms with Gasteiger partial charge >= 0.3 is 0 Å². The van der Waals surface area contributed by atoms with Crippen molar-refractivity contribution in [1.82, 2.24) is 9.97 Å². The summed E-state index contributed by atoms with van der Waals surface area (Å²) in [5, 5.41) is 8.74. The molecule has 0 unspecified atom stereocenters. The first-order chi connectivity index (χ1) is 7.13. The van der Waals surface area contributed by atoms with Crippen LogP contribution in [0.2, 0.25) is 0 Å². The second kappa shape index (κ2) is 5.55. The fourth-order valence-corrected chi connectivity index (χ4v) is 1.15. The molecule has 0 atom stereocenters. The second-order valence-electron chi connectivity index (χ2n) is 3.06. The highest BCUT2D eigenvalue weighted by Crippen LogP contribution is 2.09. The minimum Gasteiger partial charge on any atom is -0.395 e. The monoisotopic (exact) mass is 217 g/mol. The molecule has 0 bridgehead atoms. The highest BCUT2D eigenvalue weighted by Gasteiger charge is 2.14. The van der Waals surface area contributed by atoms with E-state index in [0.29, 0.717) is 5.69 Å². The molecule has 0 spiro atoms. The van der Waals surface area contributed by atoms with Crippen LogP contribution in [0.5, 0.6) is 0 Å². The highest BCUT2D eigenvalue weighted by molar-refractivity contribution is 5.29. The van der Waals surface area contributed by atoms with Gasteiger partial charge in [-0.05, 0) is 13.0 Å². The molecule has 0 amide bonds. The first kappa shape index (κ1) is 11.8. The van der Waals surface area contributed by atoms with Gasteiger partial charge in [0.1, 0.15) is 0 Å². The normalized spacial score (nSPS) is 10.7. The number of aromatic nitrogens is 2. The molecular formula is C9H13F2N3O. The lowest BCUT2D eigenvalue weighted by molar-refractivity contribution is 0.152. The number of aliphatic hydroxyl groups is 1. The van der Waals surface area contributed by atoms with E-state index in [4.69, 9.17) is 5.11 Å². The molecule has 15 heavy (non-hydrogen) atoms. The minimum absolute atomic E-state index is 0.105. The summed E-state index contributed by atoms with van der Waals surface area (Å²) in [7, 11) is 0. The predicted octanol–water partition coefficient (Wildman–Crippen LogP) is 0.849. The van der Waals surface area contributed by atoms with E-state index in [0.717, 1.165) is 0 Å². The van der Waals surface area contributed by atoms with Crippen molar-refractivity contribution in [3.63, 3.8) is 0 Å². The Labute approximate surface area is 86.6 Å². The Kier molecular flexibility index (Phi) is 4.36. The summed E-state index contributed by atoms with van der Waals surface area (Å²) in [5.41, 5.74) is 0.706. The molecule has 1 heterocycles. The standard InChI is InChI=1S/C9H13F2N3O/c1-7-2-3-12-9(13-7)14(4-5-15)6-8(10)11/h2-3,8,15H,4-6H2,1H3. The van der Waals surface area contributed by atoms with E-state index in [1.807, 2.05) is 0 Å². The van der Waals surface area contributed by atoms with Crippen LogP contribution < -0.4 is 4.90 Å². The molecule has 4 nitrogen and oxygen atoms in total. The zero-order chi connectivity index (χ0) is 11.3. The van der Waals surface area contributed by atoms with Crippen molar-refractivity contribution in [3.8, 4) is 0 Å². The molecule has 0 fully saturated rings. The number of hydrogen-bond acceptors (Lipinski definition) is 4. The van der Waals surface area contributed by atoms with Crippen molar-refractivity contribution in [1.29, 1.82) is 0 Å². The van der Waals surface area contributed by atoms with Gasteiger partial charge in [-0.2, -0.15) is 0 Å². The average Bonchev–Trinajstić information content (AvgIpc) is 2.16. The summed E-state index contributed by atoms with van der Waals surface area (Å²) in [6, 6.07) is 1.68. The third kappa shape index (κ3) is 3.75. The molecule has 1 aromatic heterocycles. The molecule has 0 saturated carbocycles. The number of anilines is 1. The van der Waals surface area contributed by atoms with Crippen LogP contribution in [-0.4, -0.2) is 41.2 Å². The van der Waals surface area contributed by atoms with Crippen LogP contribution in [0, 0.1) is 6.92 Å². The van der Waals surface area contributed by atoms with Gasteiger partial charge in [-0.1, -0.05) is 0 Å². The average molecular weight is 217 g/mol. The number of aryl methyl sites for hydroxylation is 1. The fraction of sp³-hybridized carbons (Fsp3) is 0.556. The molecule has 0 aliphatic heterocycles. The summed E-state index contributed by atoms with van der Waals surface area (Å²) in [6.45, 7) is 1.19. The SMILES string of the molecule is Cc1ccnc(N(CCO)CC(F)F)n1. The number of alkyl halides is 2. The quantitative estimate of drug-likeness (QED) is 0.794. The van der Waals surface area contributed by atoms with Crippen molar-refractivity contribution in [2.75, 3.05) is 24.6 Å².